The molecular weight excluding hydrogens is 383 g/mol. The van der Waals surface area contributed by atoms with Gasteiger partial charge in [-0.15, -0.1) is 0 Å². The van der Waals surface area contributed by atoms with Gasteiger partial charge in [0.1, 0.15) is 17.7 Å². The van der Waals surface area contributed by atoms with Crippen molar-refractivity contribution in [3.8, 4) is 11.4 Å². The summed E-state index contributed by atoms with van der Waals surface area (Å²) in [6.45, 7) is 4.93. The predicted molar refractivity (Wildman–Crippen MR) is 115 cm³/mol. The number of benzene rings is 1. The van der Waals surface area contributed by atoms with Crippen molar-refractivity contribution in [1.29, 1.82) is 0 Å². The smallest absolute Gasteiger partial charge is 0.166 e. The first kappa shape index (κ1) is 19.9. The maximum atomic E-state index is 14.1. The van der Waals surface area contributed by atoms with Gasteiger partial charge in [0.25, 0.3) is 0 Å². The average molecular weight is 408 g/mol. The lowest BCUT2D eigenvalue weighted by molar-refractivity contribution is 0.226. The van der Waals surface area contributed by atoms with E-state index in [2.05, 4.69) is 15.3 Å². The number of pyridine rings is 1. The average Bonchev–Trinajstić information content (AvgIpc) is 3.19. The highest BCUT2D eigenvalue weighted by Crippen LogP contribution is 2.33. The monoisotopic (exact) mass is 408 g/mol. The number of nitrogens with two attached hydrogens (primary N) is 2. The van der Waals surface area contributed by atoms with Crippen molar-refractivity contribution in [3.05, 3.63) is 71.2 Å². The van der Waals surface area contributed by atoms with Gasteiger partial charge in [-0.2, -0.15) is 0 Å². The summed E-state index contributed by atoms with van der Waals surface area (Å²) in [5.74, 6) is 1.17. The standard InChI is InChI=1S/C22H25FN6O/c1-3-26-21-14(11-24)9-20-27-6-7-29(20)18-5-4-16(23)10-17(18)13(2)30-19-8-15(21)12-28-22(19)25/h4-8,10,12-13,26H,3,9,11,24H2,1-2H3,(H2,25,28)/b21-14-. The fourth-order valence-electron chi connectivity index (χ4n) is 3.76. The van der Waals surface area contributed by atoms with E-state index in [1.165, 1.54) is 12.1 Å². The van der Waals surface area contributed by atoms with E-state index >= 15 is 0 Å². The van der Waals surface area contributed by atoms with E-state index in [0.717, 1.165) is 28.3 Å². The summed E-state index contributed by atoms with van der Waals surface area (Å²) in [5.41, 5.74) is 16.4. The van der Waals surface area contributed by atoms with E-state index in [1.54, 1.807) is 18.5 Å². The number of hydrogen-bond donors (Lipinski definition) is 3. The minimum atomic E-state index is -0.467. The maximum absolute atomic E-state index is 14.1. The highest BCUT2D eigenvalue weighted by atomic mass is 19.1. The summed E-state index contributed by atoms with van der Waals surface area (Å²) in [4.78, 5) is 8.86. The van der Waals surface area contributed by atoms with E-state index in [9.17, 15) is 4.39 Å². The molecule has 2 bridgehead atoms. The third-order valence-corrected chi connectivity index (χ3v) is 5.20. The molecule has 4 rings (SSSR count). The van der Waals surface area contributed by atoms with Crippen LogP contribution in [0.2, 0.25) is 0 Å². The number of rotatable bonds is 3. The Morgan fingerprint density at radius 3 is 2.90 bits per heavy atom. The number of anilines is 1. The Bertz CT molecular complexity index is 1110. The van der Waals surface area contributed by atoms with Crippen LogP contribution in [0.25, 0.3) is 11.4 Å². The third kappa shape index (κ3) is 3.61. The first-order valence-corrected chi connectivity index (χ1v) is 9.92. The topological polar surface area (TPSA) is 104 Å². The fraction of sp³-hybridized carbons (Fsp3) is 0.273. The zero-order valence-electron chi connectivity index (χ0n) is 17.0. The largest absolute Gasteiger partial charge is 0.482 e. The molecule has 1 aromatic carbocycles. The Balaban J connectivity index is 1.99. The minimum absolute atomic E-state index is 0.272. The summed E-state index contributed by atoms with van der Waals surface area (Å²) in [6.07, 6.45) is 5.35. The van der Waals surface area contributed by atoms with Crippen LogP contribution < -0.4 is 21.5 Å². The first-order chi connectivity index (χ1) is 14.5. The Kier molecular flexibility index (Phi) is 5.41. The number of ether oxygens (including phenoxy) is 1. The van der Waals surface area contributed by atoms with Crippen molar-refractivity contribution in [3.63, 3.8) is 0 Å². The molecular formula is C22H25FN6O. The van der Waals surface area contributed by atoms with Crippen LogP contribution in [-0.2, 0) is 6.42 Å². The van der Waals surface area contributed by atoms with Crippen LogP contribution in [0.4, 0.5) is 10.2 Å². The van der Waals surface area contributed by atoms with Crippen molar-refractivity contribution >= 4 is 11.5 Å². The summed E-state index contributed by atoms with van der Waals surface area (Å²) < 4.78 is 22.2. The highest BCUT2D eigenvalue weighted by molar-refractivity contribution is 5.70. The SMILES string of the molecule is CCN/C1=C(\CN)Cc2nccn2-c2ccc(F)cc2C(C)Oc2cc1cnc2N. The molecule has 1 aliphatic heterocycles. The number of hydrogen-bond acceptors (Lipinski definition) is 6. The third-order valence-electron chi connectivity index (χ3n) is 5.20. The minimum Gasteiger partial charge on any atom is -0.482 e. The number of nitrogens with one attached hydrogen (secondary N) is 1. The molecule has 1 aliphatic rings. The molecule has 1 unspecified atom stereocenters. The van der Waals surface area contributed by atoms with Gasteiger partial charge in [-0.3, -0.25) is 0 Å². The van der Waals surface area contributed by atoms with Crippen LogP contribution >= 0.6 is 0 Å². The zero-order valence-corrected chi connectivity index (χ0v) is 17.0. The van der Waals surface area contributed by atoms with E-state index in [4.69, 9.17) is 16.2 Å². The Morgan fingerprint density at radius 1 is 1.30 bits per heavy atom. The predicted octanol–water partition coefficient (Wildman–Crippen LogP) is 2.96. The lowest BCUT2D eigenvalue weighted by Crippen LogP contribution is -2.21. The van der Waals surface area contributed by atoms with Crippen LogP contribution in [0.1, 0.15) is 36.9 Å². The van der Waals surface area contributed by atoms with Gasteiger partial charge in [0, 0.05) is 54.9 Å². The first-order valence-electron chi connectivity index (χ1n) is 9.92. The molecule has 0 aliphatic carbocycles. The van der Waals surface area contributed by atoms with Crippen molar-refractivity contribution in [2.24, 2.45) is 5.73 Å². The van der Waals surface area contributed by atoms with Gasteiger partial charge in [-0.05, 0) is 43.7 Å². The van der Waals surface area contributed by atoms with Crippen LogP contribution in [0.15, 0.2) is 48.4 Å². The fourth-order valence-corrected chi connectivity index (χ4v) is 3.76. The molecule has 3 heterocycles. The molecule has 5 N–H and O–H groups in total. The quantitative estimate of drug-likeness (QED) is 0.616. The van der Waals surface area contributed by atoms with E-state index in [1.807, 2.05) is 30.7 Å². The molecule has 3 aromatic rings. The molecule has 156 valence electrons. The Morgan fingerprint density at radius 2 is 2.13 bits per heavy atom. The van der Waals surface area contributed by atoms with E-state index in [-0.39, 0.29) is 11.6 Å². The molecule has 0 radical (unpaired) electrons. The van der Waals surface area contributed by atoms with Crippen LogP contribution in [-0.4, -0.2) is 27.6 Å². The summed E-state index contributed by atoms with van der Waals surface area (Å²) >= 11 is 0. The number of halogens is 1. The second-order valence-corrected chi connectivity index (χ2v) is 7.17. The van der Waals surface area contributed by atoms with Crippen molar-refractivity contribution < 1.29 is 9.13 Å². The molecule has 0 amide bonds. The van der Waals surface area contributed by atoms with Gasteiger partial charge >= 0.3 is 0 Å². The molecule has 1 atom stereocenters. The van der Waals surface area contributed by atoms with Gasteiger partial charge in [-0.1, -0.05) is 0 Å². The summed E-state index contributed by atoms with van der Waals surface area (Å²) in [6, 6.07) is 6.49. The Labute approximate surface area is 174 Å². The molecule has 7 nitrogen and oxygen atoms in total. The zero-order chi connectivity index (χ0) is 21.3. The van der Waals surface area contributed by atoms with Crippen molar-refractivity contribution in [1.82, 2.24) is 19.9 Å². The second-order valence-electron chi connectivity index (χ2n) is 7.17. The maximum Gasteiger partial charge on any atom is 0.166 e. The van der Waals surface area contributed by atoms with Gasteiger partial charge in [0.15, 0.2) is 11.6 Å². The number of fused-ring (bicyclic) bond motifs is 5. The van der Waals surface area contributed by atoms with Crippen LogP contribution in [0.5, 0.6) is 5.75 Å². The van der Waals surface area contributed by atoms with Crippen molar-refractivity contribution in [2.75, 3.05) is 18.8 Å². The van der Waals surface area contributed by atoms with Gasteiger partial charge in [-0.25, -0.2) is 14.4 Å². The number of aromatic nitrogens is 3. The highest BCUT2D eigenvalue weighted by Gasteiger charge is 2.21. The van der Waals surface area contributed by atoms with E-state index in [0.29, 0.717) is 30.8 Å². The van der Waals surface area contributed by atoms with Gasteiger partial charge < -0.3 is 26.1 Å². The molecule has 2 aromatic heterocycles. The number of imidazole rings is 1. The lowest BCUT2D eigenvalue weighted by atomic mass is 10.0. The lowest BCUT2D eigenvalue weighted by Gasteiger charge is -2.23. The number of nitrogen functional groups attached to an aromatic ring is 1. The second kappa shape index (κ2) is 8.16. The molecule has 0 saturated heterocycles. The Hall–Kier alpha value is -3.39. The normalized spacial score (nSPS) is 18.5. The van der Waals surface area contributed by atoms with Gasteiger partial charge in [0.05, 0.1) is 5.69 Å². The van der Waals surface area contributed by atoms with E-state index < -0.39 is 6.10 Å². The molecule has 0 fully saturated rings. The summed E-state index contributed by atoms with van der Waals surface area (Å²) in [5, 5.41) is 3.40. The molecule has 0 saturated carbocycles. The molecule has 8 heteroatoms. The van der Waals surface area contributed by atoms with Crippen molar-refractivity contribution in [2.45, 2.75) is 26.4 Å². The van der Waals surface area contributed by atoms with Gasteiger partial charge in [0.2, 0.25) is 0 Å². The van der Waals surface area contributed by atoms with Crippen LogP contribution in [0.3, 0.4) is 0 Å². The molecule has 30 heavy (non-hydrogen) atoms. The summed E-state index contributed by atoms with van der Waals surface area (Å²) in [7, 11) is 0. The van der Waals surface area contributed by atoms with Crippen LogP contribution in [0, 0.1) is 5.82 Å². The number of nitrogens with zero attached hydrogens (tertiary/aromatic N) is 3. The molecule has 0 spiro atoms.